The normalized spacial score (nSPS) is 11.4. The van der Waals surface area contributed by atoms with Crippen molar-refractivity contribution in [3.8, 4) is 17.1 Å². The van der Waals surface area contributed by atoms with Crippen molar-refractivity contribution in [1.29, 1.82) is 0 Å². The Labute approximate surface area is 190 Å². The summed E-state index contributed by atoms with van der Waals surface area (Å²) in [6.45, 7) is 7.49. The maximum Gasteiger partial charge on any atom is 0.349 e. The van der Waals surface area contributed by atoms with Gasteiger partial charge in [0, 0.05) is 15.5 Å². The third-order valence-electron chi connectivity index (χ3n) is 4.21. The quantitative estimate of drug-likeness (QED) is 0.294. The molecule has 0 atom stereocenters. The zero-order chi connectivity index (χ0) is 21.7. The first-order valence-electron chi connectivity index (χ1n) is 9.46. The van der Waals surface area contributed by atoms with Gasteiger partial charge in [0.15, 0.2) is 11.4 Å². The van der Waals surface area contributed by atoms with Gasteiger partial charge in [-0.1, -0.05) is 11.6 Å². The van der Waals surface area contributed by atoms with Gasteiger partial charge in [-0.05, 0) is 87.3 Å². The molecule has 1 aromatic heterocycles. The summed E-state index contributed by atoms with van der Waals surface area (Å²) in [5.41, 5.74) is 0.866. The Balaban J connectivity index is 1.62. The van der Waals surface area contributed by atoms with Crippen molar-refractivity contribution >= 4 is 40.9 Å². The second-order valence-electron chi connectivity index (χ2n) is 7.07. The molecule has 0 N–H and O–H groups in total. The number of aromatic nitrogens is 2. The molecule has 30 heavy (non-hydrogen) atoms. The van der Waals surface area contributed by atoms with Crippen LogP contribution in [-0.4, -0.2) is 27.5 Å². The summed E-state index contributed by atoms with van der Waals surface area (Å²) >= 11 is 9.02. The molecule has 0 aliphatic rings. The van der Waals surface area contributed by atoms with Gasteiger partial charge in [-0.15, -0.1) is 11.8 Å². The van der Waals surface area contributed by atoms with E-state index in [9.17, 15) is 4.79 Å². The number of esters is 1. The second kappa shape index (κ2) is 9.81. The van der Waals surface area contributed by atoms with E-state index in [-0.39, 0.29) is 5.97 Å². The zero-order valence-corrected chi connectivity index (χ0v) is 19.7. The van der Waals surface area contributed by atoms with Gasteiger partial charge in [0.05, 0.1) is 12.4 Å². The predicted octanol–water partition coefficient (Wildman–Crippen LogP) is 6.18. The van der Waals surface area contributed by atoms with Crippen LogP contribution in [0.5, 0.6) is 5.75 Å². The van der Waals surface area contributed by atoms with Crippen molar-refractivity contribution in [3.63, 3.8) is 0 Å². The van der Waals surface area contributed by atoms with E-state index in [1.807, 2.05) is 49.4 Å². The first-order chi connectivity index (χ1) is 14.3. The highest BCUT2D eigenvalue weighted by atomic mass is 35.5. The van der Waals surface area contributed by atoms with E-state index in [0.29, 0.717) is 23.2 Å². The van der Waals surface area contributed by atoms with Gasteiger partial charge in [0.25, 0.3) is 0 Å². The number of nitrogens with zero attached hydrogens (tertiary/aromatic N) is 2. The van der Waals surface area contributed by atoms with Crippen LogP contribution >= 0.6 is 34.9 Å². The highest BCUT2D eigenvalue weighted by molar-refractivity contribution is 7.98. The summed E-state index contributed by atoms with van der Waals surface area (Å²) in [5, 5.41) is 1.64. The highest BCUT2D eigenvalue weighted by Crippen LogP contribution is 2.31. The molecule has 2 aromatic carbocycles. The average molecular weight is 463 g/mol. The topological polar surface area (TPSA) is 61.3 Å². The number of carbonyl (C=O) groups is 1. The van der Waals surface area contributed by atoms with Crippen molar-refractivity contribution < 1.29 is 14.3 Å². The molecule has 3 aromatic rings. The Kier molecular flexibility index (Phi) is 7.39. The molecule has 0 saturated carbocycles. The SMILES string of the molecule is CCOC(=O)C(C)(C)Oc1ccc(SCc2nc(-c3ccc(Cl)cc3)ns2)cc1C. The summed E-state index contributed by atoms with van der Waals surface area (Å²) < 4.78 is 15.4. The molecule has 0 amide bonds. The van der Waals surface area contributed by atoms with Crippen molar-refractivity contribution in [2.75, 3.05) is 6.61 Å². The Hall–Kier alpha value is -2.09. The van der Waals surface area contributed by atoms with Gasteiger partial charge in [-0.2, -0.15) is 4.37 Å². The minimum atomic E-state index is -1.04. The molecule has 158 valence electrons. The lowest BCUT2D eigenvalue weighted by atomic mass is 10.1. The van der Waals surface area contributed by atoms with Crippen molar-refractivity contribution in [2.45, 2.75) is 43.9 Å². The molecule has 0 aliphatic carbocycles. The van der Waals surface area contributed by atoms with Crippen LogP contribution in [0, 0.1) is 6.92 Å². The lowest BCUT2D eigenvalue weighted by Crippen LogP contribution is -2.39. The molecule has 8 heteroatoms. The van der Waals surface area contributed by atoms with Gasteiger partial charge in [0.1, 0.15) is 10.8 Å². The largest absolute Gasteiger partial charge is 0.476 e. The minimum absolute atomic E-state index is 0.325. The Morgan fingerprint density at radius 2 is 1.93 bits per heavy atom. The molecular weight excluding hydrogens is 440 g/mol. The van der Waals surface area contributed by atoms with Gasteiger partial charge in [-0.3, -0.25) is 0 Å². The first-order valence-corrected chi connectivity index (χ1v) is 11.6. The van der Waals surface area contributed by atoms with Crippen LogP contribution in [0.2, 0.25) is 5.02 Å². The molecule has 0 aliphatic heterocycles. The van der Waals surface area contributed by atoms with Crippen molar-refractivity contribution in [1.82, 2.24) is 9.36 Å². The summed E-state index contributed by atoms with van der Waals surface area (Å²) in [6.07, 6.45) is 0. The predicted molar refractivity (Wildman–Crippen MR) is 122 cm³/mol. The lowest BCUT2D eigenvalue weighted by molar-refractivity contribution is -0.158. The van der Waals surface area contributed by atoms with Crippen LogP contribution in [0.4, 0.5) is 0 Å². The molecule has 5 nitrogen and oxygen atoms in total. The van der Waals surface area contributed by atoms with E-state index in [4.69, 9.17) is 21.1 Å². The highest BCUT2D eigenvalue weighted by Gasteiger charge is 2.32. The minimum Gasteiger partial charge on any atom is -0.476 e. The van der Waals surface area contributed by atoms with Crippen LogP contribution in [-0.2, 0) is 15.3 Å². The fourth-order valence-electron chi connectivity index (χ4n) is 2.62. The fraction of sp³-hybridized carbons (Fsp3) is 0.318. The number of carbonyl (C=O) groups excluding carboxylic acids is 1. The summed E-state index contributed by atoms with van der Waals surface area (Å²) in [4.78, 5) is 17.8. The van der Waals surface area contributed by atoms with E-state index in [1.54, 1.807) is 32.5 Å². The Morgan fingerprint density at radius 3 is 2.60 bits per heavy atom. The van der Waals surface area contributed by atoms with Crippen molar-refractivity contribution in [3.05, 3.63) is 58.1 Å². The van der Waals surface area contributed by atoms with Crippen LogP contribution in [0.3, 0.4) is 0 Å². The molecule has 1 heterocycles. The molecule has 0 spiro atoms. The van der Waals surface area contributed by atoms with E-state index in [2.05, 4.69) is 9.36 Å². The number of halogens is 1. The maximum absolute atomic E-state index is 12.1. The van der Waals surface area contributed by atoms with Crippen LogP contribution in [0.25, 0.3) is 11.4 Å². The van der Waals surface area contributed by atoms with E-state index in [0.717, 1.165) is 26.8 Å². The average Bonchev–Trinajstić information content (AvgIpc) is 3.18. The number of aryl methyl sites for hydroxylation is 1. The van der Waals surface area contributed by atoms with E-state index in [1.165, 1.54) is 11.5 Å². The monoisotopic (exact) mass is 462 g/mol. The fourth-order valence-corrected chi connectivity index (χ4v) is 4.38. The maximum atomic E-state index is 12.1. The smallest absolute Gasteiger partial charge is 0.349 e. The van der Waals surface area contributed by atoms with Crippen LogP contribution in [0.15, 0.2) is 47.4 Å². The first kappa shape index (κ1) is 22.6. The number of rotatable bonds is 8. The number of ether oxygens (including phenoxy) is 2. The third-order valence-corrected chi connectivity index (χ3v) is 6.36. The molecule has 0 saturated heterocycles. The van der Waals surface area contributed by atoms with Crippen LogP contribution in [0.1, 0.15) is 31.3 Å². The Bertz CT molecular complexity index is 1020. The molecule has 0 bridgehead atoms. The summed E-state index contributed by atoms with van der Waals surface area (Å²) in [7, 11) is 0. The number of benzene rings is 2. The van der Waals surface area contributed by atoms with Crippen molar-refractivity contribution in [2.24, 2.45) is 0 Å². The summed E-state index contributed by atoms with van der Waals surface area (Å²) in [5.74, 6) is 1.72. The van der Waals surface area contributed by atoms with Gasteiger partial charge < -0.3 is 9.47 Å². The molecule has 0 fully saturated rings. The molecule has 3 rings (SSSR count). The van der Waals surface area contributed by atoms with Crippen LogP contribution < -0.4 is 4.74 Å². The van der Waals surface area contributed by atoms with Gasteiger partial charge in [-0.25, -0.2) is 9.78 Å². The molecule has 0 unspecified atom stereocenters. The van der Waals surface area contributed by atoms with E-state index < -0.39 is 5.60 Å². The summed E-state index contributed by atoms with van der Waals surface area (Å²) in [6, 6.07) is 13.4. The number of hydrogen-bond acceptors (Lipinski definition) is 7. The third kappa shape index (κ3) is 5.74. The van der Waals surface area contributed by atoms with E-state index >= 15 is 0 Å². The lowest BCUT2D eigenvalue weighted by Gasteiger charge is -2.25. The molecule has 0 radical (unpaired) electrons. The standard InChI is InChI=1S/C22H23ClN2O3S2/c1-5-27-21(26)22(3,4)28-18-11-10-17(12-14(18)2)29-13-19-24-20(25-30-19)15-6-8-16(23)9-7-15/h6-12H,5,13H2,1-4H3. The second-order valence-corrected chi connectivity index (χ2v) is 9.39. The number of thioether (sulfide) groups is 1. The zero-order valence-electron chi connectivity index (χ0n) is 17.3. The molecular formula is C22H23ClN2O3S2. The number of hydrogen-bond donors (Lipinski definition) is 0. The van der Waals surface area contributed by atoms with Gasteiger partial charge in [0.2, 0.25) is 0 Å². The van der Waals surface area contributed by atoms with Gasteiger partial charge >= 0.3 is 5.97 Å². The Morgan fingerprint density at radius 1 is 1.20 bits per heavy atom.